The number of halogens is 1. The van der Waals surface area contributed by atoms with Gasteiger partial charge in [-0.25, -0.2) is 9.37 Å². The lowest BCUT2D eigenvalue weighted by molar-refractivity contribution is 0.102. The van der Waals surface area contributed by atoms with Gasteiger partial charge in [0.25, 0.3) is 5.91 Å². The van der Waals surface area contributed by atoms with Crippen molar-refractivity contribution in [1.29, 1.82) is 0 Å². The van der Waals surface area contributed by atoms with Crippen molar-refractivity contribution in [3.05, 3.63) is 65.2 Å². The van der Waals surface area contributed by atoms with Gasteiger partial charge < -0.3 is 5.32 Å². The highest BCUT2D eigenvalue weighted by molar-refractivity contribution is 6.12. The summed E-state index contributed by atoms with van der Waals surface area (Å²) < 4.78 is 13.5. The zero-order valence-corrected chi connectivity index (χ0v) is 12.2. The maximum atomic E-state index is 13.5. The molecule has 0 fully saturated rings. The van der Waals surface area contributed by atoms with Crippen LogP contribution in [0.3, 0.4) is 0 Å². The summed E-state index contributed by atoms with van der Waals surface area (Å²) in [6.45, 7) is 3.71. The Hall–Kier alpha value is -2.82. The fourth-order valence-electron chi connectivity index (χ4n) is 2.31. The molecule has 5 heteroatoms. The van der Waals surface area contributed by atoms with Crippen LogP contribution in [-0.2, 0) is 0 Å². The third-order valence-corrected chi connectivity index (χ3v) is 3.30. The summed E-state index contributed by atoms with van der Waals surface area (Å²) in [6, 6.07) is 9.48. The highest BCUT2D eigenvalue weighted by Gasteiger charge is 2.13. The Kier molecular flexibility index (Phi) is 3.55. The number of benzene rings is 1. The van der Waals surface area contributed by atoms with Gasteiger partial charge in [0.05, 0.1) is 11.1 Å². The van der Waals surface area contributed by atoms with E-state index in [-0.39, 0.29) is 5.91 Å². The lowest BCUT2D eigenvalue weighted by Gasteiger charge is -2.09. The second kappa shape index (κ2) is 5.52. The molecule has 4 nitrogen and oxygen atoms in total. The minimum absolute atomic E-state index is 0.334. The number of carbonyl (C=O) groups is 1. The monoisotopic (exact) mass is 295 g/mol. The van der Waals surface area contributed by atoms with Crippen LogP contribution in [0.25, 0.3) is 10.9 Å². The zero-order valence-electron chi connectivity index (χ0n) is 12.2. The molecule has 0 aliphatic heterocycles. The molecular weight excluding hydrogens is 281 g/mol. The van der Waals surface area contributed by atoms with E-state index in [4.69, 9.17) is 0 Å². The van der Waals surface area contributed by atoms with Gasteiger partial charge in [-0.1, -0.05) is 0 Å². The minimum atomic E-state index is -0.402. The van der Waals surface area contributed by atoms with E-state index in [9.17, 15) is 9.18 Å². The number of nitrogens with zero attached hydrogens (tertiary/aromatic N) is 2. The summed E-state index contributed by atoms with van der Waals surface area (Å²) in [5, 5.41) is 3.22. The van der Waals surface area contributed by atoms with Gasteiger partial charge in [-0.15, -0.1) is 0 Å². The van der Waals surface area contributed by atoms with Crippen LogP contribution in [0.2, 0.25) is 0 Å². The number of aryl methyl sites for hydroxylation is 2. The van der Waals surface area contributed by atoms with Crippen LogP contribution in [0.4, 0.5) is 10.2 Å². The normalized spacial score (nSPS) is 10.7. The predicted molar refractivity (Wildman–Crippen MR) is 83.4 cm³/mol. The Bertz CT molecular complexity index is 877. The van der Waals surface area contributed by atoms with Gasteiger partial charge in [0.2, 0.25) is 0 Å². The topological polar surface area (TPSA) is 54.9 Å². The summed E-state index contributed by atoms with van der Waals surface area (Å²) in [5.41, 5.74) is 2.66. The van der Waals surface area contributed by atoms with Gasteiger partial charge in [-0.2, -0.15) is 0 Å². The third kappa shape index (κ3) is 2.79. The number of hydrogen-bond donors (Lipinski definition) is 1. The highest BCUT2D eigenvalue weighted by atomic mass is 19.1. The zero-order chi connectivity index (χ0) is 15.7. The first-order valence-corrected chi connectivity index (χ1v) is 6.84. The van der Waals surface area contributed by atoms with Crippen LogP contribution in [0.15, 0.2) is 42.6 Å². The van der Waals surface area contributed by atoms with Crippen LogP contribution in [0.1, 0.15) is 21.6 Å². The molecule has 0 spiro atoms. The quantitative estimate of drug-likeness (QED) is 0.785. The van der Waals surface area contributed by atoms with Crippen LogP contribution < -0.4 is 5.32 Å². The summed E-state index contributed by atoms with van der Waals surface area (Å²) in [4.78, 5) is 20.9. The summed E-state index contributed by atoms with van der Waals surface area (Å²) in [5.74, 6) is -0.274. The average molecular weight is 295 g/mol. The van der Waals surface area contributed by atoms with E-state index in [1.54, 1.807) is 31.3 Å². The van der Waals surface area contributed by atoms with E-state index in [0.717, 1.165) is 5.56 Å². The van der Waals surface area contributed by atoms with Crippen molar-refractivity contribution in [2.45, 2.75) is 13.8 Å². The van der Waals surface area contributed by atoms with Gasteiger partial charge in [-0.3, -0.25) is 9.78 Å². The molecule has 0 unspecified atom stereocenters. The fourth-order valence-corrected chi connectivity index (χ4v) is 2.31. The predicted octanol–water partition coefficient (Wildman–Crippen LogP) is 3.64. The van der Waals surface area contributed by atoms with Gasteiger partial charge in [0.15, 0.2) is 0 Å². The molecule has 0 bridgehead atoms. The first kappa shape index (κ1) is 14.1. The molecule has 0 atom stereocenters. The second-order valence-corrected chi connectivity index (χ2v) is 5.15. The first-order chi connectivity index (χ1) is 10.5. The Morgan fingerprint density at radius 2 is 1.95 bits per heavy atom. The number of carbonyl (C=O) groups excluding carboxylic acids is 1. The van der Waals surface area contributed by atoms with Crippen molar-refractivity contribution >= 4 is 22.6 Å². The average Bonchev–Trinajstić information content (AvgIpc) is 2.47. The number of anilines is 1. The number of pyridine rings is 2. The molecule has 2 heterocycles. The smallest absolute Gasteiger partial charge is 0.257 e. The van der Waals surface area contributed by atoms with Gasteiger partial charge in [0, 0.05) is 17.3 Å². The maximum absolute atomic E-state index is 13.5. The van der Waals surface area contributed by atoms with Crippen molar-refractivity contribution in [1.82, 2.24) is 9.97 Å². The van der Waals surface area contributed by atoms with Gasteiger partial charge in [-0.05, 0) is 55.8 Å². The lowest BCUT2D eigenvalue weighted by Crippen LogP contribution is -2.14. The Morgan fingerprint density at radius 3 is 2.73 bits per heavy atom. The highest BCUT2D eigenvalue weighted by Crippen LogP contribution is 2.21. The fraction of sp³-hybridized carbons (Fsp3) is 0.118. The van der Waals surface area contributed by atoms with E-state index in [2.05, 4.69) is 15.3 Å². The summed E-state index contributed by atoms with van der Waals surface area (Å²) in [6.07, 6.45) is 1.63. The SMILES string of the molecule is Cc1ccnc(NC(=O)c2cc(C)nc3ccc(F)cc23)c1. The molecule has 0 radical (unpaired) electrons. The van der Waals surface area contributed by atoms with Crippen molar-refractivity contribution in [3.63, 3.8) is 0 Å². The van der Waals surface area contributed by atoms with Gasteiger partial charge in [0.1, 0.15) is 11.6 Å². The maximum Gasteiger partial charge on any atom is 0.257 e. The Balaban J connectivity index is 2.05. The number of aromatic nitrogens is 2. The number of nitrogens with one attached hydrogen (secondary N) is 1. The van der Waals surface area contributed by atoms with E-state index in [0.29, 0.717) is 28.0 Å². The van der Waals surface area contributed by atoms with Crippen LogP contribution in [0.5, 0.6) is 0 Å². The third-order valence-electron chi connectivity index (χ3n) is 3.30. The summed E-state index contributed by atoms with van der Waals surface area (Å²) in [7, 11) is 0. The number of fused-ring (bicyclic) bond motifs is 1. The molecule has 3 aromatic rings. The molecule has 0 saturated heterocycles. The molecule has 0 aliphatic carbocycles. The van der Waals surface area contributed by atoms with E-state index >= 15 is 0 Å². The Morgan fingerprint density at radius 1 is 1.14 bits per heavy atom. The van der Waals surface area contributed by atoms with Crippen molar-refractivity contribution in [3.8, 4) is 0 Å². The standard InChI is InChI=1S/C17H14FN3O/c1-10-5-6-19-16(7-10)21-17(22)14-8-11(2)20-15-4-3-12(18)9-13(14)15/h3-9H,1-2H3,(H,19,21,22). The summed E-state index contributed by atoms with van der Waals surface area (Å²) >= 11 is 0. The van der Waals surface area contributed by atoms with Crippen molar-refractivity contribution in [2.24, 2.45) is 0 Å². The first-order valence-electron chi connectivity index (χ1n) is 6.84. The minimum Gasteiger partial charge on any atom is -0.307 e. The van der Waals surface area contributed by atoms with Crippen LogP contribution in [0, 0.1) is 19.7 Å². The lowest BCUT2D eigenvalue weighted by atomic mass is 10.1. The van der Waals surface area contributed by atoms with E-state index in [1.165, 1.54) is 12.1 Å². The number of rotatable bonds is 2. The molecule has 22 heavy (non-hydrogen) atoms. The van der Waals surface area contributed by atoms with E-state index < -0.39 is 5.82 Å². The molecule has 110 valence electrons. The number of amides is 1. The Labute approximate surface area is 127 Å². The van der Waals surface area contributed by atoms with Crippen molar-refractivity contribution in [2.75, 3.05) is 5.32 Å². The molecule has 1 amide bonds. The molecule has 1 N–H and O–H groups in total. The molecular formula is C17H14FN3O. The molecule has 1 aromatic carbocycles. The molecule has 3 rings (SSSR count). The van der Waals surface area contributed by atoms with Crippen LogP contribution in [-0.4, -0.2) is 15.9 Å². The molecule has 0 saturated carbocycles. The molecule has 2 aromatic heterocycles. The number of hydrogen-bond acceptors (Lipinski definition) is 3. The second-order valence-electron chi connectivity index (χ2n) is 5.15. The van der Waals surface area contributed by atoms with Crippen LogP contribution >= 0.6 is 0 Å². The van der Waals surface area contributed by atoms with Gasteiger partial charge >= 0.3 is 0 Å². The molecule has 0 aliphatic rings. The van der Waals surface area contributed by atoms with Crippen molar-refractivity contribution < 1.29 is 9.18 Å². The van der Waals surface area contributed by atoms with E-state index in [1.807, 2.05) is 13.0 Å². The largest absolute Gasteiger partial charge is 0.307 e.